The van der Waals surface area contributed by atoms with Gasteiger partial charge in [0.15, 0.2) is 6.54 Å². The second kappa shape index (κ2) is 10.5. The lowest BCUT2D eigenvalue weighted by atomic mass is 10.1. The van der Waals surface area contributed by atoms with Crippen LogP contribution in [0.5, 0.6) is 0 Å². The van der Waals surface area contributed by atoms with Gasteiger partial charge in [0, 0.05) is 5.56 Å². The molecule has 1 aliphatic heterocycles. The van der Waals surface area contributed by atoms with Crippen molar-refractivity contribution in [3.8, 4) is 0 Å². The zero-order valence-electron chi connectivity index (χ0n) is 16.5. The summed E-state index contributed by atoms with van der Waals surface area (Å²) in [5.74, 6) is -0.0229. The van der Waals surface area contributed by atoms with Crippen LogP contribution in [0.25, 0.3) is 6.08 Å². The van der Waals surface area contributed by atoms with Crippen molar-refractivity contribution < 1.29 is 14.6 Å². The van der Waals surface area contributed by atoms with Gasteiger partial charge >= 0.3 is 0 Å². The molecule has 0 saturated carbocycles. The SMILES string of the molecule is CC(/C=N\NC(=O)C[NH+]1CC[NH+](Cc2ccccc2)CC1)=C/c1ccccc1. The van der Waals surface area contributed by atoms with Crippen molar-refractivity contribution in [3.05, 3.63) is 77.4 Å². The maximum atomic E-state index is 12.2. The first-order valence-electron chi connectivity index (χ1n) is 9.95. The van der Waals surface area contributed by atoms with Gasteiger partial charge in [0.05, 0.1) is 6.21 Å². The summed E-state index contributed by atoms with van der Waals surface area (Å²) in [5.41, 5.74) is 6.16. The fourth-order valence-electron chi connectivity index (χ4n) is 3.52. The van der Waals surface area contributed by atoms with Crippen molar-refractivity contribution in [1.29, 1.82) is 0 Å². The maximum Gasteiger partial charge on any atom is 0.295 e. The van der Waals surface area contributed by atoms with Crippen molar-refractivity contribution in [2.45, 2.75) is 13.5 Å². The average Bonchev–Trinajstić information content (AvgIpc) is 2.71. The van der Waals surface area contributed by atoms with Gasteiger partial charge in [0.1, 0.15) is 32.7 Å². The van der Waals surface area contributed by atoms with Gasteiger partial charge in [-0.15, -0.1) is 0 Å². The van der Waals surface area contributed by atoms with Gasteiger partial charge in [0.25, 0.3) is 5.91 Å². The topological polar surface area (TPSA) is 50.3 Å². The summed E-state index contributed by atoms with van der Waals surface area (Å²) >= 11 is 0. The van der Waals surface area contributed by atoms with E-state index < -0.39 is 0 Å². The zero-order valence-corrected chi connectivity index (χ0v) is 16.5. The Morgan fingerprint density at radius 2 is 1.57 bits per heavy atom. The molecule has 3 rings (SSSR count). The number of allylic oxidation sites excluding steroid dienone is 1. The number of hydrogen-bond acceptors (Lipinski definition) is 2. The summed E-state index contributed by atoms with van der Waals surface area (Å²) in [6, 6.07) is 20.7. The minimum Gasteiger partial charge on any atom is -0.322 e. The number of carbonyl (C=O) groups excluding carboxylic acids is 1. The number of piperazine rings is 1. The Morgan fingerprint density at radius 3 is 2.25 bits per heavy atom. The predicted octanol–water partition coefficient (Wildman–Crippen LogP) is 0.176. The molecule has 1 aliphatic rings. The van der Waals surface area contributed by atoms with E-state index in [4.69, 9.17) is 0 Å². The molecule has 1 fully saturated rings. The molecule has 3 N–H and O–H groups in total. The van der Waals surface area contributed by atoms with E-state index in [0.29, 0.717) is 6.54 Å². The number of rotatable bonds is 7. The van der Waals surface area contributed by atoms with Crippen molar-refractivity contribution >= 4 is 18.2 Å². The van der Waals surface area contributed by atoms with Gasteiger partial charge < -0.3 is 9.80 Å². The number of hydrazone groups is 1. The number of nitrogens with zero attached hydrogens (tertiary/aromatic N) is 1. The van der Waals surface area contributed by atoms with Gasteiger partial charge in [-0.1, -0.05) is 66.7 Å². The Labute approximate surface area is 167 Å². The van der Waals surface area contributed by atoms with E-state index in [1.807, 2.05) is 43.3 Å². The van der Waals surface area contributed by atoms with Crippen LogP contribution in [0.1, 0.15) is 18.1 Å². The summed E-state index contributed by atoms with van der Waals surface area (Å²) in [7, 11) is 0. The summed E-state index contributed by atoms with van der Waals surface area (Å²) < 4.78 is 0. The molecule has 5 heteroatoms. The Bertz CT molecular complexity index is 794. The lowest BCUT2D eigenvalue weighted by Gasteiger charge is -2.29. The lowest BCUT2D eigenvalue weighted by molar-refractivity contribution is -1.02. The third kappa shape index (κ3) is 6.76. The van der Waals surface area contributed by atoms with Crippen LogP contribution >= 0.6 is 0 Å². The molecule has 2 aromatic carbocycles. The van der Waals surface area contributed by atoms with E-state index in [1.165, 1.54) is 10.5 Å². The third-order valence-electron chi connectivity index (χ3n) is 5.02. The Balaban J connectivity index is 1.37. The second-order valence-electron chi connectivity index (χ2n) is 7.43. The van der Waals surface area contributed by atoms with Crippen LogP contribution in [0.2, 0.25) is 0 Å². The molecular formula is C23H30N4O+2. The maximum absolute atomic E-state index is 12.2. The summed E-state index contributed by atoms with van der Waals surface area (Å²) in [6.45, 7) is 7.76. The number of benzene rings is 2. The molecule has 0 bridgehead atoms. The van der Waals surface area contributed by atoms with Crippen LogP contribution in [0.15, 0.2) is 71.3 Å². The summed E-state index contributed by atoms with van der Waals surface area (Å²) in [4.78, 5) is 15.1. The molecule has 5 nitrogen and oxygen atoms in total. The van der Waals surface area contributed by atoms with Gasteiger partial charge in [0.2, 0.25) is 0 Å². The van der Waals surface area contributed by atoms with E-state index in [9.17, 15) is 4.79 Å². The molecular weight excluding hydrogens is 348 g/mol. The molecule has 28 heavy (non-hydrogen) atoms. The highest BCUT2D eigenvalue weighted by Crippen LogP contribution is 2.04. The molecule has 2 aromatic rings. The van der Waals surface area contributed by atoms with Gasteiger partial charge in [-0.2, -0.15) is 5.10 Å². The predicted molar refractivity (Wildman–Crippen MR) is 113 cm³/mol. The molecule has 0 unspecified atom stereocenters. The number of quaternary nitrogens is 2. The Kier molecular flexibility index (Phi) is 7.53. The molecule has 0 aromatic heterocycles. The zero-order chi connectivity index (χ0) is 19.6. The normalized spacial score (nSPS) is 20.2. The first kappa shape index (κ1) is 20.0. The van der Waals surface area contributed by atoms with Gasteiger partial charge in [-0.3, -0.25) is 4.79 Å². The number of hydrogen-bond donors (Lipinski definition) is 3. The number of carbonyl (C=O) groups is 1. The van der Waals surface area contributed by atoms with Crippen LogP contribution in [0, 0.1) is 0 Å². The van der Waals surface area contributed by atoms with E-state index >= 15 is 0 Å². The quantitative estimate of drug-likeness (QED) is 0.467. The van der Waals surface area contributed by atoms with E-state index in [0.717, 1.165) is 43.9 Å². The first-order valence-corrected chi connectivity index (χ1v) is 9.95. The van der Waals surface area contributed by atoms with Crippen LogP contribution in [-0.4, -0.2) is 44.8 Å². The van der Waals surface area contributed by atoms with Crippen LogP contribution in [0.4, 0.5) is 0 Å². The Morgan fingerprint density at radius 1 is 0.964 bits per heavy atom. The fourth-order valence-corrected chi connectivity index (χ4v) is 3.52. The fraction of sp³-hybridized carbons (Fsp3) is 0.304. The highest BCUT2D eigenvalue weighted by Gasteiger charge is 2.24. The smallest absolute Gasteiger partial charge is 0.295 e. The minimum absolute atomic E-state index is 0.0229. The average molecular weight is 379 g/mol. The van der Waals surface area contributed by atoms with Gasteiger partial charge in [-0.05, 0) is 18.1 Å². The third-order valence-corrected chi connectivity index (χ3v) is 5.02. The van der Waals surface area contributed by atoms with E-state index in [-0.39, 0.29) is 5.91 Å². The van der Waals surface area contributed by atoms with Crippen molar-refractivity contribution in [3.63, 3.8) is 0 Å². The van der Waals surface area contributed by atoms with Crippen molar-refractivity contribution in [2.75, 3.05) is 32.7 Å². The highest BCUT2D eigenvalue weighted by molar-refractivity contribution is 5.86. The molecule has 146 valence electrons. The van der Waals surface area contributed by atoms with Crippen LogP contribution in [0.3, 0.4) is 0 Å². The molecule has 1 amide bonds. The minimum atomic E-state index is -0.0229. The molecule has 1 saturated heterocycles. The standard InChI is InChI=1S/C23H28N4O/c1-20(16-21-8-4-2-5-9-21)17-24-25-23(28)19-27-14-12-26(13-15-27)18-22-10-6-3-7-11-22/h2-11,16-17H,12-15,18-19H2,1H3,(H,25,28)/p+2/b20-16-,24-17-. The van der Waals surface area contributed by atoms with E-state index in [2.05, 4.69) is 40.9 Å². The number of nitrogens with one attached hydrogen (secondary N) is 3. The largest absolute Gasteiger partial charge is 0.322 e. The first-order chi connectivity index (χ1) is 13.7. The van der Waals surface area contributed by atoms with Crippen molar-refractivity contribution in [2.24, 2.45) is 5.10 Å². The highest BCUT2D eigenvalue weighted by atomic mass is 16.2. The monoisotopic (exact) mass is 378 g/mol. The summed E-state index contributed by atoms with van der Waals surface area (Å²) in [6.07, 6.45) is 3.73. The molecule has 0 spiro atoms. The van der Waals surface area contributed by atoms with E-state index in [1.54, 1.807) is 11.1 Å². The molecule has 0 radical (unpaired) electrons. The van der Waals surface area contributed by atoms with Crippen LogP contribution in [-0.2, 0) is 11.3 Å². The second-order valence-corrected chi connectivity index (χ2v) is 7.43. The van der Waals surface area contributed by atoms with Crippen molar-refractivity contribution in [1.82, 2.24) is 5.43 Å². The Hall–Kier alpha value is -2.76. The molecule has 1 heterocycles. The molecule has 0 aliphatic carbocycles. The van der Waals surface area contributed by atoms with Crippen LogP contribution < -0.4 is 15.2 Å². The lowest BCUT2D eigenvalue weighted by Crippen LogP contribution is -3.28. The number of amides is 1. The van der Waals surface area contributed by atoms with Gasteiger partial charge in [-0.25, -0.2) is 5.43 Å². The molecule has 0 atom stereocenters. The summed E-state index contributed by atoms with van der Waals surface area (Å²) in [5, 5.41) is 4.09.